The number of amides is 1. The van der Waals surface area contributed by atoms with Gasteiger partial charge in [0.05, 0.1) is 6.42 Å². The van der Waals surface area contributed by atoms with Gasteiger partial charge in [-0.05, 0) is 23.8 Å². The Labute approximate surface area is 149 Å². The molecule has 0 fully saturated rings. The van der Waals surface area contributed by atoms with Crippen molar-refractivity contribution in [2.24, 2.45) is 0 Å². The lowest BCUT2D eigenvalue weighted by Crippen LogP contribution is -2.17. The predicted molar refractivity (Wildman–Crippen MR) is 93.7 cm³/mol. The summed E-state index contributed by atoms with van der Waals surface area (Å²) in [6, 6.07) is 16.3. The highest BCUT2D eigenvalue weighted by Crippen LogP contribution is 2.17. The van der Waals surface area contributed by atoms with Crippen LogP contribution in [0.1, 0.15) is 11.1 Å². The Hall–Kier alpha value is -3.28. The molecule has 0 saturated carbocycles. The van der Waals surface area contributed by atoms with E-state index in [0.29, 0.717) is 12.4 Å². The minimum absolute atomic E-state index is 0.248. The standard InChI is InChI=1S/C20H16F2N2O2/c21-17-7-4-8-18(22)16(17)12-20(25)24-19-11-15(9-10-23-19)26-13-14-5-2-1-3-6-14/h1-11H,12-13H2,(H,23,24,25). The molecule has 1 amide bonds. The van der Waals surface area contributed by atoms with Crippen LogP contribution in [-0.4, -0.2) is 10.9 Å². The van der Waals surface area contributed by atoms with Crippen LogP contribution in [0.3, 0.4) is 0 Å². The summed E-state index contributed by atoms with van der Waals surface area (Å²) >= 11 is 0. The van der Waals surface area contributed by atoms with Crippen molar-refractivity contribution in [2.75, 3.05) is 5.32 Å². The van der Waals surface area contributed by atoms with Gasteiger partial charge >= 0.3 is 0 Å². The molecule has 132 valence electrons. The summed E-state index contributed by atoms with van der Waals surface area (Å²) in [6.07, 6.45) is 1.06. The monoisotopic (exact) mass is 354 g/mol. The van der Waals surface area contributed by atoms with Gasteiger partial charge in [0, 0.05) is 17.8 Å². The van der Waals surface area contributed by atoms with Crippen LogP contribution in [0.4, 0.5) is 14.6 Å². The molecular weight excluding hydrogens is 338 g/mol. The normalized spacial score (nSPS) is 10.4. The van der Waals surface area contributed by atoms with E-state index in [1.807, 2.05) is 30.3 Å². The van der Waals surface area contributed by atoms with Crippen molar-refractivity contribution >= 4 is 11.7 Å². The minimum Gasteiger partial charge on any atom is -0.489 e. The van der Waals surface area contributed by atoms with Crippen LogP contribution in [0.2, 0.25) is 0 Å². The molecule has 0 aliphatic heterocycles. The molecule has 26 heavy (non-hydrogen) atoms. The number of benzene rings is 2. The molecule has 3 rings (SSSR count). The van der Waals surface area contributed by atoms with Crippen LogP contribution in [0.15, 0.2) is 66.9 Å². The summed E-state index contributed by atoms with van der Waals surface area (Å²) in [5.41, 5.74) is 0.728. The molecular formula is C20H16F2N2O2. The third-order valence-corrected chi connectivity index (χ3v) is 3.65. The summed E-state index contributed by atoms with van der Waals surface area (Å²) in [5.74, 6) is -1.31. The van der Waals surface area contributed by atoms with E-state index in [1.165, 1.54) is 12.3 Å². The van der Waals surface area contributed by atoms with Crippen molar-refractivity contribution < 1.29 is 18.3 Å². The lowest BCUT2D eigenvalue weighted by molar-refractivity contribution is -0.115. The van der Waals surface area contributed by atoms with Crippen LogP contribution in [0, 0.1) is 11.6 Å². The SMILES string of the molecule is O=C(Cc1c(F)cccc1F)Nc1cc(OCc2ccccc2)ccn1. The van der Waals surface area contributed by atoms with E-state index in [4.69, 9.17) is 4.74 Å². The summed E-state index contributed by atoms with van der Waals surface area (Å²) in [4.78, 5) is 16.1. The van der Waals surface area contributed by atoms with Crippen molar-refractivity contribution in [3.05, 3.63) is 89.6 Å². The quantitative estimate of drug-likeness (QED) is 0.724. The van der Waals surface area contributed by atoms with Crippen LogP contribution >= 0.6 is 0 Å². The Kier molecular flexibility index (Phi) is 5.53. The Morgan fingerprint density at radius 1 is 1.00 bits per heavy atom. The molecule has 0 aliphatic carbocycles. The van der Waals surface area contributed by atoms with Gasteiger partial charge in [0.15, 0.2) is 0 Å². The molecule has 4 nitrogen and oxygen atoms in total. The molecule has 0 spiro atoms. The van der Waals surface area contributed by atoms with Gasteiger partial charge in [-0.3, -0.25) is 4.79 Å². The van der Waals surface area contributed by atoms with Crippen LogP contribution < -0.4 is 10.1 Å². The molecule has 0 radical (unpaired) electrons. The van der Waals surface area contributed by atoms with E-state index >= 15 is 0 Å². The molecule has 6 heteroatoms. The Morgan fingerprint density at radius 3 is 2.46 bits per heavy atom. The smallest absolute Gasteiger partial charge is 0.230 e. The van der Waals surface area contributed by atoms with Gasteiger partial charge in [0.25, 0.3) is 0 Å². The first-order valence-electron chi connectivity index (χ1n) is 7.97. The second-order valence-corrected chi connectivity index (χ2v) is 5.58. The van der Waals surface area contributed by atoms with E-state index in [1.54, 1.807) is 12.1 Å². The number of carbonyl (C=O) groups excluding carboxylic acids is 1. The van der Waals surface area contributed by atoms with Gasteiger partial charge in [-0.1, -0.05) is 36.4 Å². The third-order valence-electron chi connectivity index (χ3n) is 3.65. The van der Waals surface area contributed by atoms with E-state index in [9.17, 15) is 13.6 Å². The van der Waals surface area contributed by atoms with Gasteiger partial charge in [0.2, 0.25) is 5.91 Å². The highest BCUT2D eigenvalue weighted by Gasteiger charge is 2.13. The molecule has 2 aromatic carbocycles. The molecule has 0 atom stereocenters. The molecule has 3 aromatic rings. The van der Waals surface area contributed by atoms with E-state index < -0.39 is 24.0 Å². The fraction of sp³-hybridized carbons (Fsp3) is 0.100. The Morgan fingerprint density at radius 2 is 1.73 bits per heavy atom. The molecule has 1 aromatic heterocycles. The van der Waals surface area contributed by atoms with Gasteiger partial charge in [-0.2, -0.15) is 0 Å². The molecule has 0 saturated heterocycles. The highest BCUT2D eigenvalue weighted by molar-refractivity contribution is 5.91. The van der Waals surface area contributed by atoms with Gasteiger partial charge in [0.1, 0.15) is 29.8 Å². The topological polar surface area (TPSA) is 51.2 Å². The van der Waals surface area contributed by atoms with Crippen LogP contribution in [0.5, 0.6) is 5.75 Å². The average molecular weight is 354 g/mol. The first-order valence-corrected chi connectivity index (χ1v) is 7.97. The fourth-order valence-electron chi connectivity index (χ4n) is 2.36. The number of carbonyl (C=O) groups is 1. The summed E-state index contributed by atoms with van der Waals surface area (Å²) < 4.78 is 32.9. The Bertz CT molecular complexity index is 881. The van der Waals surface area contributed by atoms with Gasteiger partial charge in [-0.15, -0.1) is 0 Å². The zero-order valence-corrected chi connectivity index (χ0v) is 13.8. The van der Waals surface area contributed by atoms with E-state index in [2.05, 4.69) is 10.3 Å². The Balaban J connectivity index is 1.62. The van der Waals surface area contributed by atoms with E-state index in [-0.39, 0.29) is 11.4 Å². The lowest BCUT2D eigenvalue weighted by atomic mass is 10.1. The average Bonchev–Trinajstić information content (AvgIpc) is 2.64. The zero-order valence-electron chi connectivity index (χ0n) is 13.8. The second-order valence-electron chi connectivity index (χ2n) is 5.58. The van der Waals surface area contributed by atoms with Gasteiger partial charge in [-0.25, -0.2) is 13.8 Å². The van der Waals surface area contributed by atoms with E-state index in [0.717, 1.165) is 17.7 Å². The van der Waals surface area contributed by atoms with Crippen molar-refractivity contribution in [3.8, 4) is 5.75 Å². The fourth-order valence-corrected chi connectivity index (χ4v) is 2.36. The molecule has 1 heterocycles. The molecule has 0 bridgehead atoms. The number of nitrogens with zero attached hydrogens (tertiary/aromatic N) is 1. The zero-order chi connectivity index (χ0) is 18.4. The summed E-state index contributed by atoms with van der Waals surface area (Å²) in [5, 5.41) is 2.52. The first-order chi connectivity index (χ1) is 12.6. The number of ether oxygens (including phenoxy) is 1. The highest BCUT2D eigenvalue weighted by atomic mass is 19.1. The number of pyridine rings is 1. The molecule has 0 unspecified atom stereocenters. The largest absolute Gasteiger partial charge is 0.489 e. The summed E-state index contributed by atoms with van der Waals surface area (Å²) in [6.45, 7) is 0.374. The maximum absolute atomic E-state index is 13.6. The lowest BCUT2D eigenvalue weighted by Gasteiger charge is -2.09. The summed E-state index contributed by atoms with van der Waals surface area (Å²) in [7, 11) is 0. The maximum atomic E-state index is 13.6. The molecule has 1 N–H and O–H groups in total. The van der Waals surface area contributed by atoms with Crippen LogP contribution in [-0.2, 0) is 17.8 Å². The van der Waals surface area contributed by atoms with Crippen molar-refractivity contribution in [1.29, 1.82) is 0 Å². The number of hydrogen-bond donors (Lipinski definition) is 1. The number of anilines is 1. The van der Waals surface area contributed by atoms with Crippen LogP contribution in [0.25, 0.3) is 0 Å². The number of nitrogens with one attached hydrogen (secondary N) is 1. The molecule has 0 aliphatic rings. The van der Waals surface area contributed by atoms with Gasteiger partial charge < -0.3 is 10.1 Å². The number of hydrogen-bond acceptors (Lipinski definition) is 3. The number of halogens is 2. The predicted octanol–water partition coefficient (Wildman–Crippen LogP) is 4.12. The minimum atomic E-state index is -0.756. The maximum Gasteiger partial charge on any atom is 0.230 e. The van der Waals surface area contributed by atoms with Crippen molar-refractivity contribution in [1.82, 2.24) is 4.98 Å². The number of aromatic nitrogens is 1. The first kappa shape index (κ1) is 17.5. The van der Waals surface area contributed by atoms with Crippen molar-refractivity contribution in [2.45, 2.75) is 13.0 Å². The third kappa shape index (κ3) is 4.63. The number of rotatable bonds is 6. The second kappa shape index (κ2) is 8.20. The van der Waals surface area contributed by atoms with Crippen molar-refractivity contribution in [3.63, 3.8) is 0 Å².